The second kappa shape index (κ2) is 12.5. The van der Waals surface area contributed by atoms with Crippen molar-refractivity contribution in [3.63, 3.8) is 0 Å². The van der Waals surface area contributed by atoms with Crippen molar-refractivity contribution in [3.05, 3.63) is 98.5 Å². The van der Waals surface area contributed by atoms with Gasteiger partial charge in [0.05, 0.1) is 21.9 Å². The number of aromatic nitrogens is 2. The van der Waals surface area contributed by atoms with Crippen molar-refractivity contribution < 1.29 is 18.7 Å². The molecule has 6 nitrogen and oxygen atoms in total. The van der Waals surface area contributed by atoms with Crippen molar-refractivity contribution in [1.29, 1.82) is 0 Å². The number of halogens is 3. The lowest BCUT2D eigenvalue weighted by Gasteiger charge is -2.14. The highest BCUT2D eigenvalue weighted by Gasteiger charge is 2.20. The zero-order valence-corrected chi connectivity index (χ0v) is 21.2. The van der Waals surface area contributed by atoms with Crippen LogP contribution in [-0.4, -0.2) is 27.7 Å². The van der Waals surface area contributed by atoms with Crippen LogP contribution in [0.25, 0.3) is 11.3 Å². The first-order valence-corrected chi connectivity index (χ1v) is 12.1. The summed E-state index contributed by atoms with van der Waals surface area (Å²) in [4.78, 5) is 24.6. The summed E-state index contributed by atoms with van der Waals surface area (Å²) in [6, 6.07) is 13.6. The number of hydrogen-bond donors (Lipinski definition) is 1. The third kappa shape index (κ3) is 7.39. The van der Waals surface area contributed by atoms with Crippen LogP contribution in [0.4, 0.5) is 4.39 Å². The lowest BCUT2D eigenvalue weighted by Crippen LogP contribution is -2.39. The van der Waals surface area contributed by atoms with E-state index < -0.39 is 23.7 Å². The summed E-state index contributed by atoms with van der Waals surface area (Å²) < 4.78 is 19.9. The Kier molecular flexibility index (Phi) is 9.42. The number of hydrogen-bond acceptors (Lipinski definition) is 5. The molecule has 35 heavy (non-hydrogen) atoms. The first-order chi connectivity index (χ1) is 16.8. The number of aryl methyl sites for hydroxylation is 1. The van der Waals surface area contributed by atoms with Crippen molar-refractivity contribution in [2.24, 2.45) is 7.05 Å². The molecule has 4 aromatic rings. The molecule has 0 bridgehead atoms. The van der Waals surface area contributed by atoms with E-state index in [-0.39, 0.29) is 12.2 Å². The number of thiophene rings is 1. The van der Waals surface area contributed by atoms with E-state index in [1.807, 2.05) is 22.9 Å². The summed E-state index contributed by atoms with van der Waals surface area (Å²) in [6.45, 7) is 1.40. The van der Waals surface area contributed by atoms with Crippen LogP contribution in [-0.2, 0) is 23.2 Å². The fraction of sp³-hybridized carbons (Fsp3) is 0.160. The maximum Gasteiger partial charge on any atom is 0.328 e. The Bertz CT molecular complexity index is 1260. The van der Waals surface area contributed by atoms with Gasteiger partial charge in [0, 0.05) is 18.2 Å². The van der Waals surface area contributed by atoms with E-state index in [4.69, 9.17) is 27.9 Å². The summed E-state index contributed by atoms with van der Waals surface area (Å²) in [5.41, 5.74) is 2.04. The van der Waals surface area contributed by atoms with E-state index in [0.717, 1.165) is 0 Å². The maximum atomic E-state index is 13.2. The van der Waals surface area contributed by atoms with E-state index in [2.05, 4.69) is 10.4 Å². The third-order valence-corrected chi connectivity index (χ3v) is 6.00. The highest BCUT2D eigenvalue weighted by molar-refractivity contribution is 7.07. The number of carbonyl (C=O) groups is 2. The van der Waals surface area contributed by atoms with Crippen molar-refractivity contribution in [1.82, 2.24) is 15.1 Å². The van der Waals surface area contributed by atoms with E-state index in [0.29, 0.717) is 26.9 Å². The van der Waals surface area contributed by atoms with Gasteiger partial charge in [-0.05, 0) is 47.5 Å². The Hall–Kier alpha value is -3.20. The number of amides is 1. The minimum atomic E-state index is -0.906. The highest BCUT2D eigenvalue weighted by Crippen LogP contribution is 2.33. The zero-order chi connectivity index (χ0) is 25.4. The number of rotatable bonds is 6. The first kappa shape index (κ1) is 26.4. The lowest BCUT2D eigenvalue weighted by molar-refractivity contribution is -0.146. The summed E-state index contributed by atoms with van der Waals surface area (Å²) in [7, 11) is 1.73. The highest BCUT2D eigenvalue weighted by atomic mass is 35.5. The molecule has 2 heterocycles. The second-order valence-corrected chi connectivity index (χ2v) is 9.02. The third-order valence-electron chi connectivity index (χ3n) is 4.78. The van der Waals surface area contributed by atoms with Crippen LogP contribution < -0.4 is 5.32 Å². The van der Waals surface area contributed by atoms with Crippen molar-refractivity contribution in [2.75, 3.05) is 0 Å². The zero-order valence-electron chi connectivity index (χ0n) is 18.9. The van der Waals surface area contributed by atoms with Crippen molar-refractivity contribution in [2.45, 2.75) is 19.6 Å². The fourth-order valence-corrected chi connectivity index (χ4v) is 4.03. The van der Waals surface area contributed by atoms with Gasteiger partial charge in [0.2, 0.25) is 0 Å². The van der Waals surface area contributed by atoms with Crippen LogP contribution in [0.5, 0.6) is 0 Å². The van der Waals surface area contributed by atoms with E-state index in [1.54, 1.807) is 41.3 Å². The quantitative estimate of drug-likeness (QED) is 0.302. The second-order valence-electron chi connectivity index (χ2n) is 7.39. The largest absolute Gasteiger partial charge is 0.459 e. The number of nitrogens with one attached hydrogen (secondary N) is 1. The number of carbonyl (C=O) groups excluding carboxylic acids is 2. The molecule has 10 heteroatoms. The van der Waals surface area contributed by atoms with Crippen LogP contribution in [0, 0.1) is 5.82 Å². The molecule has 0 aliphatic rings. The van der Waals surface area contributed by atoms with Gasteiger partial charge in [-0.2, -0.15) is 16.4 Å². The Morgan fingerprint density at radius 3 is 2.43 bits per heavy atom. The summed E-state index contributed by atoms with van der Waals surface area (Å²) in [5, 5.41) is 11.5. The van der Waals surface area contributed by atoms with E-state index in [1.165, 1.54) is 37.4 Å². The monoisotopic (exact) mass is 533 g/mol. The minimum Gasteiger partial charge on any atom is -0.459 e. The molecular formula is C25H22Cl2FN3O3S. The molecule has 1 atom stereocenters. The average molecular weight is 534 g/mol. The Morgan fingerprint density at radius 2 is 1.86 bits per heavy atom. The first-order valence-electron chi connectivity index (χ1n) is 10.4. The molecule has 0 saturated heterocycles. The molecule has 0 aliphatic heterocycles. The van der Waals surface area contributed by atoms with Crippen LogP contribution >= 0.6 is 34.5 Å². The van der Waals surface area contributed by atoms with Gasteiger partial charge in [-0.1, -0.05) is 53.5 Å². The van der Waals surface area contributed by atoms with Crippen LogP contribution in [0.2, 0.25) is 10.0 Å². The number of ether oxygens (including phenoxy) is 1. The Morgan fingerprint density at radius 1 is 1.11 bits per heavy atom. The topological polar surface area (TPSA) is 73.2 Å². The number of benzene rings is 2. The molecule has 0 unspecified atom stereocenters. The molecule has 1 N–H and O–H groups in total. The standard InChI is InChI=1S/C21H18Cl2FN3O3.C4H4S/c1-12(21(29)30-11-13-4-3-5-15(24)8-13)26-20(28)14-6-7-16(17(22)9-14)19-18(23)10-25-27(19)2;1-2-4-5-3-1/h3-10,12H,11H2,1-2H3,(H,26,28);1-4H/t12-;/m0./s1. The van der Waals surface area contributed by atoms with Crippen LogP contribution in [0.15, 0.2) is 71.6 Å². The molecule has 0 saturated carbocycles. The van der Waals surface area contributed by atoms with Gasteiger partial charge in [-0.15, -0.1) is 0 Å². The van der Waals surface area contributed by atoms with Gasteiger partial charge in [0.15, 0.2) is 0 Å². The van der Waals surface area contributed by atoms with Gasteiger partial charge < -0.3 is 10.1 Å². The molecule has 4 rings (SSSR count). The Balaban J connectivity index is 0.000000607. The van der Waals surface area contributed by atoms with Crippen molar-refractivity contribution >= 4 is 46.4 Å². The molecule has 182 valence electrons. The van der Waals surface area contributed by atoms with Gasteiger partial charge in [0.25, 0.3) is 5.91 Å². The predicted octanol–water partition coefficient (Wildman–Crippen LogP) is 6.14. The van der Waals surface area contributed by atoms with E-state index >= 15 is 0 Å². The summed E-state index contributed by atoms with van der Waals surface area (Å²) in [5.74, 6) is -1.55. The normalized spacial score (nSPS) is 11.2. The van der Waals surface area contributed by atoms with Crippen LogP contribution in [0.1, 0.15) is 22.8 Å². The van der Waals surface area contributed by atoms with Gasteiger partial charge >= 0.3 is 5.97 Å². The average Bonchev–Trinajstić information content (AvgIpc) is 3.52. The SMILES string of the molecule is C[C@H](NC(=O)c1ccc(-c2c(Cl)cnn2C)c(Cl)c1)C(=O)OCc1cccc(F)c1.c1ccsc1. The fourth-order valence-electron chi connectivity index (χ4n) is 3.03. The molecular weight excluding hydrogens is 512 g/mol. The van der Waals surface area contributed by atoms with Gasteiger partial charge in [0.1, 0.15) is 18.5 Å². The number of esters is 1. The summed E-state index contributed by atoms with van der Waals surface area (Å²) >= 11 is 14.2. The van der Waals surface area contributed by atoms with Crippen molar-refractivity contribution in [3.8, 4) is 11.3 Å². The number of nitrogens with zero attached hydrogens (tertiary/aromatic N) is 2. The molecule has 0 fully saturated rings. The molecule has 1 amide bonds. The Labute approximate surface area is 216 Å². The maximum absolute atomic E-state index is 13.2. The smallest absolute Gasteiger partial charge is 0.328 e. The van der Waals surface area contributed by atoms with Gasteiger partial charge in [-0.3, -0.25) is 9.48 Å². The van der Waals surface area contributed by atoms with Gasteiger partial charge in [-0.25, -0.2) is 9.18 Å². The molecule has 0 aliphatic carbocycles. The lowest BCUT2D eigenvalue weighted by atomic mass is 10.1. The minimum absolute atomic E-state index is 0.0945. The molecule has 0 spiro atoms. The molecule has 0 radical (unpaired) electrons. The predicted molar refractivity (Wildman–Crippen MR) is 136 cm³/mol. The summed E-state index contributed by atoms with van der Waals surface area (Å²) in [6.07, 6.45) is 1.50. The molecule has 2 aromatic heterocycles. The van der Waals surface area contributed by atoms with Crippen LogP contribution in [0.3, 0.4) is 0 Å². The molecule has 2 aromatic carbocycles. The van der Waals surface area contributed by atoms with E-state index in [9.17, 15) is 14.0 Å².